The number of benzene rings is 7. The van der Waals surface area contributed by atoms with Crippen molar-refractivity contribution in [3.63, 3.8) is 0 Å². The largest absolute Gasteiger partial charge is 0.0622 e. The number of rotatable bonds is 1. The summed E-state index contributed by atoms with van der Waals surface area (Å²) in [6.45, 7) is 0. The van der Waals surface area contributed by atoms with Crippen molar-refractivity contribution < 1.29 is 0 Å². The first kappa shape index (κ1) is 20.5. The van der Waals surface area contributed by atoms with Crippen molar-refractivity contribution in [2.24, 2.45) is 0 Å². The second-order valence-corrected chi connectivity index (χ2v) is 9.25. The van der Waals surface area contributed by atoms with E-state index < -0.39 is 0 Å². The van der Waals surface area contributed by atoms with Crippen LogP contribution in [0.2, 0.25) is 0 Å². The molecule has 0 spiro atoms. The van der Waals surface area contributed by atoms with Crippen molar-refractivity contribution in [2.75, 3.05) is 0 Å². The van der Waals surface area contributed by atoms with E-state index in [2.05, 4.69) is 127 Å². The molecule has 0 N–H and O–H groups in total. The Morgan fingerprint density at radius 3 is 1.61 bits per heavy atom. The normalized spacial score (nSPS) is 11.1. The first-order valence-electron chi connectivity index (χ1n) is 12.3. The second kappa shape index (κ2) is 8.42. The lowest BCUT2D eigenvalue weighted by atomic mass is 9.88. The first-order chi connectivity index (χ1) is 17.8. The average Bonchev–Trinajstić information content (AvgIpc) is 2.94. The van der Waals surface area contributed by atoms with Crippen molar-refractivity contribution >= 4 is 43.1 Å². The molecule has 0 saturated carbocycles. The molecule has 7 aromatic rings. The molecule has 0 heteroatoms. The Labute approximate surface area is 210 Å². The van der Waals surface area contributed by atoms with Crippen LogP contribution in [0.4, 0.5) is 0 Å². The predicted octanol–water partition coefficient (Wildman–Crippen LogP) is 9.37. The highest BCUT2D eigenvalue weighted by atomic mass is 14.2. The van der Waals surface area contributed by atoms with Crippen LogP contribution in [0.1, 0.15) is 11.1 Å². The molecule has 0 radical (unpaired) electrons. The molecule has 0 fully saturated rings. The topological polar surface area (TPSA) is 0 Å². The minimum Gasteiger partial charge on any atom is -0.0622 e. The Balaban J connectivity index is 1.57. The third-order valence-electron chi connectivity index (χ3n) is 7.02. The summed E-state index contributed by atoms with van der Waals surface area (Å²) in [6, 6.07) is 47.6. The lowest BCUT2D eigenvalue weighted by molar-refractivity contribution is 1.61. The lowest BCUT2D eigenvalue weighted by Crippen LogP contribution is -1.89. The van der Waals surface area contributed by atoms with Gasteiger partial charge in [0.25, 0.3) is 0 Å². The van der Waals surface area contributed by atoms with Gasteiger partial charge in [0, 0.05) is 11.1 Å². The second-order valence-electron chi connectivity index (χ2n) is 9.25. The molecule has 0 heterocycles. The van der Waals surface area contributed by atoms with Gasteiger partial charge in [-0.3, -0.25) is 0 Å². The summed E-state index contributed by atoms with van der Waals surface area (Å²) in [5, 5.41) is 10.1. The fourth-order valence-electron chi connectivity index (χ4n) is 5.24. The van der Waals surface area contributed by atoms with Gasteiger partial charge in [-0.25, -0.2) is 0 Å². The van der Waals surface area contributed by atoms with Crippen molar-refractivity contribution in [1.29, 1.82) is 0 Å². The molecule has 166 valence electrons. The molecule has 36 heavy (non-hydrogen) atoms. The molecule has 0 saturated heterocycles. The molecule has 0 aliphatic rings. The van der Waals surface area contributed by atoms with Gasteiger partial charge in [-0.2, -0.15) is 0 Å². The van der Waals surface area contributed by atoms with Crippen LogP contribution in [-0.4, -0.2) is 0 Å². The summed E-state index contributed by atoms with van der Waals surface area (Å²) in [7, 11) is 0. The molecular formula is C36H22. The lowest BCUT2D eigenvalue weighted by Gasteiger charge is -2.15. The molecule has 0 bridgehead atoms. The Morgan fingerprint density at radius 1 is 0.333 bits per heavy atom. The molecule has 0 aromatic heterocycles. The maximum atomic E-state index is 3.46. The van der Waals surface area contributed by atoms with E-state index in [1.807, 2.05) is 18.2 Å². The number of hydrogen-bond donors (Lipinski definition) is 0. The fraction of sp³-hybridized carbons (Fsp3) is 0. The van der Waals surface area contributed by atoms with Crippen LogP contribution in [-0.2, 0) is 0 Å². The zero-order chi connectivity index (χ0) is 23.9. The third-order valence-corrected chi connectivity index (χ3v) is 7.02. The minimum atomic E-state index is 1.02. The third kappa shape index (κ3) is 3.50. The van der Waals surface area contributed by atoms with Crippen LogP contribution in [0.15, 0.2) is 133 Å². The Morgan fingerprint density at radius 2 is 0.889 bits per heavy atom. The molecule has 7 aromatic carbocycles. The van der Waals surface area contributed by atoms with E-state index in [4.69, 9.17) is 0 Å². The highest BCUT2D eigenvalue weighted by Crippen LogP contribution is 2.39. The first-order valence-corrected chi connectivity index (χ1v) is 12.3. The van der Waals surface area contributed by atoms with Gasteiger partial charge in [-0.15, -0.1) is 0 Å². The quantitative estimate of drug-likeness (QED) is 0.132. The SMILES string of the molecule is C(#Cc1ccccc1-c1cc2cc3ccccc3cc2c2cc3ccccc3cc12)c1ccccc1. The van der Waals surface area contributed by atoms with Gasteiger partial charge in [0.2, 0.25) is 0 Å². The molecule has 0 aliphatic heterocycles. The monoisotopic (exact) mass is 454 g/mol. The van der Waals surface area contributed by atoms with Crippen molar-refractivity contribution in [2.45, 2.75) is 0 Å². The Hall–Kier alpha value is -4.86. The van der Waals surface area contributed by atoms with Gasteiger partial charge in [-0.05, 0) is 103 Å². The highest BCUT2D eigenvalue weighted by Gasteiger charge is 2.13. The summed E-state index contributed by atoms with van der Waals surface area (Å²) >= 11 is 0. The molecule has 7 rings (SSSR count). The van der Waals surface area contributed by atoms with Gasteiger partial charge >= 0.3 is 0 Å². The predicted molar refractivity (Wildman–Crippen MR) is 154 cm³/mol. The van der Waals surface area contributed by atoms with Crippen LogP contribution in [0.5, 0.6) is 0 Å². The Kier molecular flexibility index (Phi) is 4.80. The van der Waals surface area contributed by atoms with Crippen molar-refractivity contribution in [3.05, 3.63) is 145 Å². The van der Waals surface area contributed by atoms with Crippen molar-refractivity contribution in [3.8, 4) is 23.0 Å². The van der Waals surface area contributed by atoms with Gasteiger partial charge in [0.05, 0.1) is 0 Å². The smallest absolute Gasteiger partial charge is 0.0327 e. The number of fused-ring (bicyclic) bond motifs is 5. The molecule has 0 aliphatic carbocycles. The van der Waals surface area contributed by atoms with E-state index in [-0.39, 0.29) is 0 Å². The van der Waals surface area contributed by atoms with E-state index in [0.29, 0.717) is 0 Å². The molecule has 0 unspecified atom stereocenters. The fourth-order valence-corrected chi connectivity index (χ4v) is 5.24. The van der Waals surface area contributed by atoms with E-state index >= 15 is 0 Å². The van der Waals surface area contributed by atoms with Crippen LogP contribution in [0, 0.1) is 11.8 Å². The average molecular weight is 455 g/mol. The van der Waals surface area contributed by atoms with E-state index in [0.717, 1.165) is 16.7 Å². The summed E-state index contributed by atoms with van der Waals surface area (Å²) in [4.78, 5) is 0. The molecule has 0 atom stereocenters. The number of hydrogen-bond acceptors (Lipinski definition) is 0. The van der Waals surface area contributed by atoms with E-state index in [1.54, 1.807) is 0 Å². The minimum absolute atomic E-state index is 1.02. The van der Waals surface area contributed by atoms with Gasteiger partial charge in [0.15, 0.2) is 0 Å². The maximum Gasteiger partial charge on any atom is 0.0327 e. The molecule has 0 amide bonds. The van der Waals surface area contributed by atoms with Gasteiger partial charge in [-0.1, -0.05) is 96.8 Å². The van der Waals surface area contributed by atoms with Crippen molar-refractivity contribution in [1.82, 2.24) is 0 Å². The summed E-state index contributed by atoms with van der Waals surface area (Å²) in [6.07, 6.45) is 0. The summed E-state index contributed by atoms with van der Waals surface area (Å²) in [5.41, 5.74) is 4.44. The zero-order valence-corrected chi connectivity index (χ0v) is 19.7. The van der Waals surface area contributed by atoms with Crippen LogP contribution in [0.25, 0.3) is 54.2 Å². The van der Waals surface area contributed by atoms with Gasteiger partial charge < -0.3 is 0 Å². The van der Waals surface area contributed by atoms with Crippen LogP contribution >= 0.6 is 0 Å². The van der Waals surface area contributed by atoms with Gasteiger partial charge in [0.1, 0.15) is 0 Å². The summed E-state index contributed by atoms with van der Waals surface area (Å²) in [5.74, 6) is 6.82. The zero-order valence-electron chi connectivity index (χ0n) is 19.7. The summed E-state index contributed by atoms with van der Waals surface area (Å²) < 4.78 is 0. The van der Waals surface area contributed by atoms with Crippen LogP contribution in [0.3, 0.4) is 0 Å². The van der Waals surface area contributed by atoms with E-state index in [1.165, 1.54) is 48.7 Å². The van der Waals surface area contributed by atoms with Crippen LogP contribution < -0.4 is 0 Å². The Bertz CT molecular complexity index is 1980. The molecule has 0 nitrogen and oxygen atoms in total. The standard InChI is InChI=1S/C36H22/c1-2-10-25(11-3-1)18-19-26-12-8-9-17-32(26)34-24-31-20-27-13-4-5-14-28(27)21-33(31)35-22-29-15-6-7-16-30(29)23-36(34)35/h1-17,20-24H. The molecular weight excluding hydrogens is 432 g/mol. The maximum absolute atomic E-state index is 3.46. The highest BCUT2D eigenvalue weighted by molar-refractivity contribution is 6.20. The van der Waals surface area contributed by atoms with E-state index in [9.17, 15) is 0 Å².